The first-order valence-electron chi connectivity index (χ1n) is 6.09. The lowest BCUT2D eigenvalue weighted by Crippen LogP contribution is -2.23. The molecule has 0 fully saturated rings. The van der Waals surface area contributed by atoms with Crippen LogP contribution in [0.15, 0.2) is 35.1 Å². The summed E-state index contributed by atoms with van der Waals surface area (Å²) in [6.07, 6.45) is 2.03. The van der Waals surface area contributed by atoms with E-state index in [9.17, 15) is 10.1 Å². The van der Waals surface area contributed by atoms with Gasteiger partial charge in [0.1, 0.15) is 12.4 Å². The van der Waals surface area contributed by atoms with E-state index in [1.807, 2.05) is 0 Å². The first-order chi connectivity index (χ1) is 9.75. The highest BCUT2D eigenvalue weighted by atomic mass is 16.6. The van der Waals surface area contributed by atoms with Gasteiger partial charge in [-0.3, -0.25) is 10.1 Å². The highest BCUT2D eigenvalue weighted by molar-refractivity contribution is 5.35. The predicted molar refractivity (Wildman–Crippen MR) is 69.5 cm³/mol. The molecule has 1 N–H and O–H groups in total. The Hall–Kier alpha value is -2.48. The van der Waals surface area contributed by atoms with Crippen LogP contribution in [-0.2, 0) is 6.42 Å². The van der Waals surface area contributed by atoms with Crippen LogP contribution in [0.4, 0.5) is 5.69 Å². The Kier molecular flexibility index (Phi) is 5.01. The van der Waals surface area contributed by atoms with Gasteiger partial charge in [-0.05, 0) is 12.1 Å². The molecular weight excluding hydrogens is 264 g/mol. The highest BCUT2D eigenvalue weighted by Crippen LogP contribution is 2.16. The Bertz CT molecular complexity index is 527. The molecule has 0 saturated heterocycles. The number of hydrogen-bond donors (Lipinski definition) is 1. The Morgan fingerprint density at radius 1 is 1.30 bits per heavy atom. The van der Waals surface area contributed by atoms with Gasteiger partial charge in [-0.25, -0.2) is 0 Å². The Morgan fingerprint density at radius 3 is 2.75 bits per heavy atom. The van der Waals surface area contributed by atoms with Crippen molar-refractivity contribution in [3.63, 3.8) is 0 Å². The lowest BCUT2D eigenvalue weighted by atomic mass is 10.3. The molecule has 20 heavy (non-hydrogen) atoms. The average Bonchev–Trinajstić information content (AvgIpc) is 2.96. The summed E-state index contributed by atoms with van der Waals surface area (Å²) in [4.78, 5) is 13.9. The summed E-state index contributed by atoms with van der Waals surface area (Å²) < 4.78 is 10.3. The first kappa shape index (κ1) is 13.9. The smallest absolute Gasteiger partial charge is 0.269 e. The quantitative estimate of drug-likeness (QED) is 0.439. The van der Waals surface area contributed by atoms with Crippen molar-refractivity contribution in [2.75, 3.05) is 19.7 Å². The number of nitrogens with zero attached hydrogens (tertiary/aromatic N) is 3. The van der Waals surface area contributed by atoms with Crippen molar-refractivity contribution in [3.8, 4) is 5.75 Å². The summed E-state index contributed by atoms with van der Waals surface area (Å²) in [7, 11) is 0. The van der Waals surface area contributed by atoms with E-state index in [0.29, 0.717) is 37.8 Å². The Morgan fingerprint density at radius 2 is 2.10 bits per heavy atom. The molecule has 0 aliphatic heterocycles. The third-order valence-electron chi connectivity index (χ3n) is 2.52. The molecule has 0 unspecified atom stereocenters. The van der Waals surface area contributed by atoms with Crippen LogP contribution in [0.25, 0.3) is 0 Å². The van der Waals surface area contributed by atoms with Gasteiger partial charge in [0, 0.05) is 31.6 Å². The molecule has 0 bridgehead atoms. The fourth-order valence-corrected chi connectivity index (χ4v) is 1.53. The van der Waals surface area contributed by atoms with Crippen LogP contribution in [0.2, 0.25) is 0 Å². The Labute approximate surface area is 114 Å². The van der Waals surface area contributed by atoms with E-state index in [2.05, 4.69) is 15.5 Å². The SMILES string of the molecule is O=[N+]([O-])c1ccc(OCCNCCc2ncno2)cc1. The van der Waals surface area contributed by atoms with Crippen molar-refractivity contribution in [2.45, 2.75) is 6.42 Å². The van der Waals surface area contributed by atoms with Gasteiger partial charge >= 0.3 is 0 Å². The van der Waals surface area contributed by atoms with Crippen molar-refractivity contribution in [1.29, 1.82) is 0 Å². The minimum absolute atomic E-state index is 0.0510. The van der Waals surface area contributed by atoms with Gasteiger partial charge in [0.25, 0.3) is 5.69 Å². The van der Waals surface area contributed by atoms with E-state index in [1.165, 1.54) is 18.5 Å². The lowest BCUT2D eigenvalue weighted by molar-refractivity contribution is -0.384. The van der Waals surface area contributed by atoms with Crippen molar-refractivity contribution in [2.24, 2.45) is 0 Å². The summed E-state index contributed by atoms with van der Waals surface area (Å²) >= 11 is 0. The standard InChI is InChI=1S/C12H14N4O4/c17-16(18)10-1-3-11(4-2-10)19-8-7-13-6-5-12-14-9-15-20-12/h1-4,9,13H,5-8H2. The maximum atomic E-state index is 10.5. The van der Waals surface area contributed by atoms with Gasteiger partial charge in [-0.1, -0.05) is 5.16 Å². The third-order valence-corrected chi connectivity index (χ3v) is 2.52. The number of nitro benzene ring substituents is 1. The molecule has 1 aromatic heterocycles. The predicted octanol–water partition coefficient (Wildman–Crippen LogP) is 1.19. The summed E-state index contributed by atoms with van der Waals surface area (Å²) in [6.45, 7) is 1.85. The van der Waals surface area contributed by atoms with Crippen LogP contribution in [-0.4, -0.2) is 34.8 Å². The fraction of sp³-hybridized carbons (Fsp3) is 0.333. The molecule has 8 nitrogen and oxygen atoms in total. The molecule has 2 rings (SSSR count). The summed E-state index contributed by atoms with van der Waals surface area (Å²) in [5, 5.41) is 17.2. The second-order valence-corrected chi connectivity index (χ2v) is 3.93. The molecule has 0 aliphatic carbocycles. The van der Waals surface area contributed by atoms with Crippen molar-refractivity contribution in [1.82, 2.24) is 15.5 Å². The number of benzene rings is 1. The molecule has 8 heteroatoms. The second kappa shape index (κ2) is 7.19. The van der Waals surface area contributed by atoms with Crippen LogP contribution >= 0.6 is 0 Å². The molecule has 1 aromatic carbocycles. The number of hydrogen-bond acceptors (Lipinski definition) is 7. The zero-order valence-electron chi connectivity index (χ0n) is 10.7. The number of ether oxygens (including phenoxy) is 1. The van der Waals surface area contributed by atoms with E-state index in [1.54, 1.807) is 12.1 Å². The molecule has 106 valence electrons. The largest absolute Gasteiger partial charge is 0.492 e. The van der Waals surface area contributed by atoms with Crippen LogP contribution in [0.1, 0.15) is 5.89 Å². The third kappa shape index (κ3) is 4.32. The van der Waals surface area contributed by atoms with Crippen LogP contribution in [0, 0.1) is 10.1 Å². The molecule has 0 saturated carbocycles. The Balaban J connectivity index is 1.59. The maximum Gasteiger partial charge on any atom is 0.269 e. The number of non-ortho nitro benzene ring substituents is 1. The lowest BCUT2D eigenvalue weighted by Gasteiger charge is -2.06. The zero-order valence-corrected chi connectivity index (χ0v) is 10.7. The number of rotatable bonds is 8. The molecule has 1 heterocycles. The van der Waals surface area contributed by atoms with Gasteiger partial charge < -0.3 is 14.6 Å². The number of aromatic nitrogens is 2. The van der Waals surface area contributed by atoms with E-state index < -0.39 is 4.92 Å². The maximum absolute atomic E-state index is 10.5. The highest BCUT2D eigenvalue weighted by Gasteiger charge is 2.04. The molecule has 0 spiro atoms. The van der Waals surface area contributed by atoms with Gasteiger partial charge in [0.2, 0.25) is 5.89 Å². The van der Waals surface area contributed by atoms with Crippen molar-refractivity contribution in [3.05, 3.63) is 46.6 Å². The molecule has 2 aromatic rings. The monoisotopic (exact) mass is 278 g/mol. The van der Waals surface area contributed by atoms with E-state index in [-0.39, 0.29) is 5.69 Å². The second-order valence-electron chi connectivity index (χ2n) is 3.93. The van der Waals surface area contributed by atoms with Crippen LogP contribution in [0.5, 0.6) is 5.75 Å². The number of nitrogens with one attached hydrogen (secondary N) is 1. The van der Waals surface area contributed by atoms with Crippen LogP contribution in [0.3, 0.4) is 0 Å². The molecular formula is C12H14N4O4. The molecule has 0 aliphatic rings. The van der Waals surface area contributed by atoms with Crippen LogP contribution < -0.4 is 10.1 Å². The van der Waals surface area contributed by atoms with Crippen molar-refractivity contribution < 1.29 is 14.2 Å². The van der Waals surface area contributed by atoms with Crippen molar-refractivity contribution >= 4 is 5.69 Å². The minimum Gasteiger partial charge on any atom is -0.492 e. The van der Waals surface area contributed by atoms with Gasteiger partial charge in [0.15, 0.2) is 6.33 Å². The summed E-state index contributed by atoms with van der Waals surface area (Å²) in [5.74, 6) is 1.20. The van der Waals surface area contributed by atoms with E-state index in [4.69, 9.17) is 9.26 Å². The minimum atomic E-state index is -0.442. The first-order valence-corrected chi connectivity index (χ1v) is 6.09. The number of nitro groups is 1. The normalized spacial score (nSPS) is 10.4. The average molecular weight is 278 g/mol. The molecule has 0 radical (unpaired) electrons. The van der Waals surface area contributed by atoms with E-state index >= 15 is 0 Å². The van der Waals surface area contributed by atoms with E-state index in [0.717, 1.165) is 0 Å². The van der Waals surface area contributed by atoms with Gasteiger partial charge in [0.05, 0.1) is 4.92 Å². The van der Waals surface area contributed by atoms with Gasteiger partial charge in [-0.2, -0.15) is 4.98 Å². The zero-order chi connectivity index (χ0) is 14.2. The van der Waals surface area contributed by atoms with Gasteiger partial charge in [-0.15, -0.1) is 0 Å². The summed E-state index contributed by atoms with van der Waals surface area (Å²) in [6, 6.07) is 5.99. The molecule has 0 amide bonds. The topological polar surface area (TPSA) is 103 Å². The summed E-state index contributed by atoms with van der Waals surface area (Å²) in [5.41, 5.74) is 0.0510. The fourth-order valence-electron chi connectivity index (χ4n) is 1.53. The molecule has 0 atom stereocenters.